The summed E-state index contributed by atoms with van der Waals surface area (Å²) in [6.07, 6.45) is 5.58. The van der Waals surface area contributed by atoms with Crippen LogP contribution in [0.3, 0.4) is 0 Å². The molecule has 0 spiro atoms. The van der Waals surface area contributed by atoms with Gasteiger partial charge in [0.2, 0.25) is 0 Å². The lowest BCUT2D eigenvalue weighted by atomic mass is 10.0. The highest BCUT2D eigenvalue weighted by Gasteiger charge is 1.98. The van der Waals surface area contributed by atoms with Gasteiger partial charge in [0.25, 0.3) is 0 Å². The van der Waals surface area contributed by atoms with E-state index in [1.807, 2.05) is 0 Å². The van der Waals surface area contributed by atoms with Gasteiger partial charge in [-0.15, -0.1) is 0 Å². The number of allylic oxidation sites excluding steroid dienone is 2. The minimum Gasteiger partial charge on any atom is -0.0940 e. The molecule has 0 radical (unpaired) electrons. The lowest BCUT2D eigenvalue weighted by Gasteiger charge is -2.06. The Labute approximate surface area is 80.5 Å². The molecule has 13 heavy (non-hydrogen) atoms. The van der Waals surface area contributed by atoms with Gasteiger partial charge in [-0.3, -0.25) is 0 Å². The van der Waals surface area contributed by atoms with E-state index in [2.05, 4.69) is 36.9 Å². The van der Waals surface area contributed by atoms with Crippen LogP contribution >= 0.6 is 0 Å². The summed E-state index contributed by atoms with van der Waals surface area (Å²) in [5.74, 6) is 0.654. The SMILES string of the molecule is CC(C)=CCC[C@@H](C)CCN=[N+]=[N-]. The Bertz CT molecular complexity index is 198. The van der Waals surface area contributed by atoms with Crippen molar-refractivity contribution >= 4 is 0 Å². The highest BCUT2D eigenvalue weighted by atomic mass is 15.1. The Kier molecular flexibility index (Phi) is 7.12. The summed E-state index contributed by atoms with van der Waals surface area (Å²) in [5, 5.41) is 3.52. The molecule has 0 unspecified atom stereocenters. The molecule has 0 N–H and O–H groups in total. The van der Waals surface area contributed by atoms with Crippen molar-refractivity contribution in [1.82, 2.24) is 0 Å². The third kappa shape index (κ3) is 8.96. The number of hydrogen-bond acceptors (Lipinski definition) is 1. The van der Waals surface area contributed by atoms with Crippen LogP contribution in [0.15, 0.2) is 16.8 Å². The maximum atomic E-state index is 8.08. The van der Waals surface area contributed by atoms with Crippen molar-refractivity contribution in [3.8, 4) is 0 Å². The minimum absolute atomic E-state index is 0.631. The first-order chi connectivity index (χ1) is 6.16. The van der Waals surface area contributed by atoms with E-state index in [1.54, 1.807) is 0 Å². The Hall–Kier alpha value is -0.950. The normalized spacial score (nSPS) is 11.6. The van der Waals surface area contributed by atoms with Crippen molar-refractivity contribution in [2.24, 2.45) is 11.0 Å². The molecule has 0 rings (SSSR count). The van der Waals surface area contributed by atoms with Crippen LogP contribution in [0.25, 0.3) is 10.4 Å². The summed E-state index contributed by atoms with van der Waals surface area (Å²) in [5.41, 5.74) is 9.45. The van der Waals surface area contributed by atoms with Crippen LogP contribution in [0.5, 0.6) is 0 Å². The van der Waals surface area contributed by atoms with Crippen LogP contribution in [-0.2, 0) is 0 Å². The van der Waals surface area contributed by atoms with Crippen LogP contribution in [-0.4, -0.2) is 6.54 Å². The maximum Gasteiger partial charge on any atom is 0.0260 e. The molecule has 0 aromatic rings. The van der Waals surface area contributed by atoms with E-state index in [9.17, 15) is 0 Å². The molecule has 0 fully saturated rings. The van der Waals surface area contributed by atoms with E-state index in [0.717, 1.165) is 12.8 Å². The molecule has 1 atom stereocenters. The zero-order chi connectivity index (χ0) is 10.1. The second-order valence-electron chi connectivity index (χ2n) is 3.71. The average molecular weight is 181 g/mol. The summed E-state index contributed by atoms with van der Waals surface area (Å²) >= 11 is 0. The summed E-state index contributed by atoms with van der Waals surface area (Å²) in [6, 6.07) is 0. The third-order valence-electron chi connectivity index (χ3n) is 2.00. The van der Waals surface area contributed by atoms with Gasteiger partial charge in [-0.1, -0.05) is 23.7 Å². The summed E-state index contributed by atoms with van der Waals surface area (Å²) in [4.78, 5) is 2.73. The predicted octanol–water partition coefficient (Wildman–Crippen LogP) is 4.07. The van der Waals surface area contributed by atoms with Gasteiger partial charge in [-0.25, -0.2) is 0 Å². The number of nitrogens with zero attached hydrogens (tertiary/aromatic N) is 3. The number of azide groups is 1. The second kappa shape index (κ2) is 7.69. The third-order valence-corrected chi connectivity index (χ3v) is 2.00. The molecule has 0 aromatic heterocycles. The van der Waals surface area contributed by atoms with Gasteiger partial charge in [0.05, 0.1) is 0 Å². The highest BCUT2D eigenvalue weighted by molar-refractivity contribution is 4.92. The molecule has 74 valence electrons. The van der Waals surface area contributed by atoms with E-state index in [0.29, 0.717) is 12.5 Å². The van der Waals surface area contributed by atoms with Crippen LogP contribution in [0.2, 0.25) is 0 Å². The van der Waals surface area contributed by atoms with Crippen molar-refractivity contribution in [2.75, 3.05) is 6.54 Å². The molecule has 3 nitrogen and oxygen atoms in total. The molecular weight excluding hydrogens is 162 g/mol. The standard InChI is InChI=1S/C10H19N3/c1-9(2)5-4-6-10(3)7-8-12-13-11/h5,10H,4,6-8H2,1-3H3/t10-/m1/s1. The minimum atomic E-state index is 0.631. The topological polar surface area (TPSA) is 48.8 Å². The van der Waals surface area contributed by atoms with Crippen LogP contribution in [0.1, 0.15) is 40.0 Å². The molecule has 0 amide bonds. The van der Waals surface area contributed by atoms with Crippen molar-refractivity contribution in [3.63, 3.8) is 0 Å². The van der Waals surface area contributed by atoms with E-state index >= 15 is 0 Å². The molecule has 3 heteroatoms. The van der Waals surface area contributed by atoms with Gasteiger partial charge >= 0.3 is 0 Å². The predicted molar refractivity (Wildman–Crippen MR) is 56.5 cm³/mol. The van der Waals surface area contributed by atoms with Crippen molar-refractivity contribution < 1.29 is 0 Å². The first kappa shape index (κ1) is 12.0. The summed E-state index contributed by atoms with van der Waals surface area (Å²) < 4.78 is 0. The fourth-order valence-corrected chi connectivity index (χ4v) is 1.12. The van der Waals surface area contributed by atoms with E-state index in [1.165, 1.54) is 12.0 Å². The summed E-state index contributed by atoms with van der Waals surface area (Å²) in [6.45, 7) is 7.06. The molecule has 0 saturated heterocycles. The highest BCUT2D eigenvalue weighted by Crippen LogP contribution is 2.11. The van der Waals surface area contributed by atoms with Gasteiger partial charge in [0.1, 0.15) is 0 Å². The van der Waals surface area contributed by atoms with Crippen LogP contribution in [0, 0.1) is 5.92 Å². The quantitative estimate of drug-likeness (QED) is 0.257. The smallest absolute Gasteiger partial charge is 0.0260 e. The second-order valence-corrected chi connectivity index (χ2v) is 3.71. The van der Waals surface area contributed by atoms with Gasteiger partial charge in [0, 0.05) is 11.5 Å². The first-order valence-corrected chi connectivity index (χ1v) is 4.81. The number of rotatable bonds is 6. The van der Waals surface area contributed by atoms with Gasteiger partial charge < -0.3 is 0 Å². The van der Waals surface area contributed by atoms with Crippen LogP contribution in [0.4, 0.5) is 0 Å². The molecule has 0 bridgehead atoms. The fourth-order valence-electron chi connectivity index (χ4n) is 1.12. The van der Waals surface area contributed by atoms with Crippen LogP contribution < -0.4 is 0 Å². The zero-order valence-electron chi connectivity index (χ0n) is 8.82. The van der Waals surface area contributed by atoms with Crippen molar-refractivity contribution in [2.45, 2.75) is 40.0 Å². The van der Waals surface area contributed by atoms with E-state index < -0.39 is 0 Å². The average Bonchev–Trinajstić information content (AvgIpc) is 2.04. The molecule has 0 heterocycles. The van der Waals surface area contributed by atoms with Crippen molar-refractivity contribution in [3.05, 3.63) is 22.1 Å². The molecule has 0 aromatic carbocycles. The summed E-state index contributed by atoms with van der Waals surface area (Å²) in [7, 11) is 0. The number of hydrogen-bond donors (Lipinski definition) is 0. The largest absolute Gasteiger partial charge is 0.0940 e. The Morgan fingerprint density at radius 2 is 2.15 bits per heavy atom. The van der Waals surface area contributed by atoms with Gasteiger partial charge in [-0.05, 0) is 44.6 Å². The molecular formula is C10H19N3. The maximum absolute atomic E-state index is 8.08. The van der Waals surface area contributed by atoms with Gasteiger partial charge in [0.15, 0.2) is 0 Å². The Morgan fingerprint density at radius 3 is 2.69 bits per heavy atom. The zero-order valence-corrected chi connectivity index (χ0v) is 8.82. The monoisotopic (exact) mass is 181 g/mol. The fraction of sp³-hybridized carbons (Fsp3) is 0.800. The van der Waals surface area contributed by atoms with E-state index in [4.69, 9.17) is 5.53 Å². The van der Waals surface area contributed by atoms with E-state index in [-0.39, 0.29) is 0 Å². The van der Waals surface area contributed by atoms with Crippen molar-refractivity contribution in [1.29, 1.82) is 0 Å². The Balaban J connectivity index is 3.45. The molecule has 0 aliphatic rings. The molecule has 0 aliphatic carbocycles. The molecule has 0 saturated carbocycles. The Morgan fingerprint density at radius 1 is 1.46 bits per heavy atom. The first-order valence-electron chi connectivity index (χ1n) is 4.81. The molecule has 0 aliphatic heterocycles. The lowest BCUT2D eigenvalue weighted by Crippen LogP contribution is -1.95. The lowest BCUT2D eigenvalue weighted by molar-refractivity contribution is 0.503. The van der Waals surface area contributed by atoms with Gasteiger partial charge in [-0.2, -0.15) is 0 Å².